The number of benzene rings is 1. The molecule has 0 aliphatic rings. The smallest absolute Gasteiger partial charge is 0.251 e. The Morgan fingerprint density at radius 1 is 1.41 bits per heavy atom. The molecule has 0 spiro atoms. The van der Waals surface area contributed by atoms with Gasteiger partial charge in [0, 0.05) is 40.3 Å². The van der Waals surface area contributed by atoms with Crippen LogP contribution in [-0.2, 0) is 16.7 Å². The Hall–Kier alpha value is -0.870. The molecule has 1 N–H and O–H groups in total. The van der Waals surface area contributed by atoms with E-state index in [0.29, 0.717) is 18.0 Å². The van der Waals surface area contributed by atoms with Crippen molar-refractivity contribution in [3.8, 4) is 0 Å². The van der Waals surface area contributed by atoms with E-state index in [1.54, 1.807) is 18.4 Å². The van der Waals surface area contributed by atoms with Crippen molar-refractivity contribution >= 4 is 28.3 Å². The molecule has 1 aromatic carbocycles. The fraction of sp³-hybridized carbons (Fsp3) is 0.417. The summed E-state index contributed by atoms with van der Waals surface area (Å²) in [4.78, 5) is 11.7. The molecule has 0 aliphatic carbocycles. The number of hydrogen-bond donors (Lipinski definition) is 1. The van der Waals surface area contributed by atoms with Crippen LogP contribution in [0.4, 0.5) is 0 Å². The third-order valence-corrected chi connectivity index (χ3v) is 4.10. The molecule has 0 aliphatic heterocycles. The molecule has 0 saturated heterocycles. The van der Waals surface area contributed by atoms with Gasteiger partial charge in [0.15, 0.2) is 0 Å². The van der Waals surface area contributed by atoms with Crippen LogP contribution in [0, 0.1) is 0 Å². The normalized spacial score (nSPS) is 14.1. The second-order valence-corrected chi connectivity index (χ2v) is 5.92. The molecule has 2 atom stereocenters. The van der Waals surface area contributed by atoms with Crippen LogP contribution in [0.15, 0.2) is 24.3 Å². The third-order valence-electron chi connectivity index (χ3n) is 2.49. The second kappa shape index (κ2) is 6.77. The van der Waals surface area contributed by atoms with Gasteiger partial charge in [-0.2, -0.15) is 0 Å². The van der Waals surface area contributed by atoms with Crippen LogP contribution in [0.3, 0.4) is 0 Å². The zero-order valence-corrected chi connectivity index (χ0v) is 11.5. The van der Waals surface area contributed by atoms with E-state index in [-0.39, 0.29) is 11.2 Å². The zero-order valence-electron chi connectivity index (χ0n) is 9.90. The maximum absolute atomic E-state index is 11.7. The maximum Gasteiger partial charge on any atom is 0.251 e. The van der Waals surface area contributed by atoms with Crippen molar-refractivity contribution < 1.29 is 9.00 Å². The van der Waals surface area contributed by atoms with Crippen molar-refractivity contribution in [2.45, 2.75) is 18.1 Å². The lowest BCUT2D eigenvalue weighted by atomic mass is 10.1. The fourth-order valence-corrected chi connectivity index (χ4v) is 1.70. The lowest BCUT2D eigenvalue weighted by molar-refractivity contribution is 0.0954. The number of carbonyl (C=O) groups is 1. The lowest BCUT2D eigenvalue weighted by Gasteiger charge is -2.10. The molecule has 0 saturated carbocycles. The first-order valence-electron chi connectivity index (χ1n) is 5.30. The molecule has 0 bridgehead atoms. The van der Waals surface area contributed by atoms with E-state index in [4.69, 9.17) is 11.6 Å². The fourth-order valence-electron chi connectivity index (χ4n) is 1.20. The highest BCUT2D eigenvalue weighted by Gasteiger charge is 2.09. The molecule has 3 nitrogen and oxygen atoms in total. The van der Waals surface area contributed by atoms with Gasteiger partial charge in [0.05, 0.1) is 0 Å². The number of amides is 1. The standard InChI is InChI=1S/C12H16ClNO2S/c1-9(17(2)16)8-14-12(15)11-5-3-10(7-13)4-6-11/h3-6,9H,7-8H2,1-2H3,(H,14,15). The second-order valence-electron chi connectivity index (χ2n) is 3.85. The average molecular weight is 274 g/mol. The molecule has 1 aromatic rings. The Labute approximate surface area is 109 Å². The number of rotatable bonds is 5. The molecule has 5 heteroatoms. The third kappa shape index (κ3) is 4.48. The van der Waals surface area contributed by atoms with Crippen molar-refractivity contribution in [1.29, 1.82) is 0 Å². The van der Waals surface area contributed by atoms with Gasteiger partial charge < -0.3 is 5.32 Å². The molecular weight excluding hydrogens is 258 g/mol. The predicted molar refractivity (Wildman–Crippen MR) is 71.9 cm³/mol. The number of nitrogens with one attached hydrogen (secondary N) is 1. The summed E-state index contributed by atoms with van der Waals surface area (Å²) in [6.07, 6.45) is 1.63. The van der Waals surface area contributed by atoms with Crippen molar-refractivity contribution in [3.05, 3.63) is 35.4 Å². The molecule has 2 unspecified atom stereocenters. The molecule has 0 aromatic heterocycles. The van der Waals surface area contributed by atoms with Crippen molar-refractivity contribution in [1.82, 2.24) is 5.32 Å². The van der Waals surface area contributed by atoms with E-state index in [1.165, 1.54) is 0 Å². The molecule has 0 fully saturated rings. The van der Waals surface area contributed by atoms with Gasteiger partial charge in [0.25, 0.3) is 5.91 Å². The van der Waals surface area contributed by atoms with Crippen molar-refractivity contribution in [2.24, 2.45) is 0 Å². The lowest BCUT2D eigenvalue weighted by Crippen LogP contribution is -2.32. The van der Waals surface area contributed by atoms with E-state index in [9.17, 15) is 9.00 Å². The Kier molecular flexibility index (Phi) is 5.65. The first-order valence-corrected chi connectivity index (χ1v) is 7.45. The van der Waals surface area contributed by atoms with E-state index in [2.05, 4.69) is 5.32 Å². The van der Waals surface area contributed by atoms with Crippen LogP contribution >= 0.6 is 11.6 Å². The minimum atomic E-state index is -0.920. The first kappa shape index (κ1) is 14.2. The van der Waals surface area contributed by atoms with Gasteiger partial charge in [-0.25, -0.2) is 0 Å². The van der Waals surface area contributed by atoms with Crippen LogP contribution < -0.4 is 5.32 Å². The van der Waals surface area contributed by atoms with Gasteiger partial charge in [-0.05, 0) is 24.6 Å². The predicted octanol–water partition coefficient (Wildman–Crippen LogP) is 1.92. The van der Waals surface area contributed by atoms with Gasteiger partial charge in [0.2, 0.25) is 0 Å². The monoisotopic (exact) mass is 273 g/mol. The highest BCUT2D eigenvalue weighted by molar-refractivity contribution is 7.84. The van der Waals surface area contributed by atoms with Crippen molar-refractivity contribution in [2.75, 3.05) is 12.8 Å². The van der Waals surface area contributed by atoms with E-state index in [1.807, 2.05) is 19.1 Å². The summed E-state index contributed by atoms with van der Waals surface area (Å²) in [5.74, 6) is 0.289. The average Bonchev–Trinajstić information content (AvgIpc) is 2.35. The molecule has 0 radical (unpaired) electrons. The summed E-state index contributed by atoms with van der Waals surface area (Å²) in [5.41, 5.74) is 1.57. The summed E-state index contributed by atoms with van der Waals surface area (Å²) in [6.45, 7) is 2.26. The molecule has 1 amide bonds. The number of carbonyl (C=O) groups excluding carboxylic acids is 1. The Morgan fingerprint density at radius 2 is 2.00 bits per heavy atom. The van der Waals surface area contributed by atoms with Gasteiger partial charge in [0.1, 0.15) is 0 Å². The molecule has 1 rings (SSSR count). The summed E-state index contributed by atoms with van der Waals surface area (Å²) >= 11 is 5.66. The van der Waals surface area contributed by atoms with Crippen LogP contribution in [-0.4, -0.2) is 28.2 Å². The van der Waals surface area contributed by atoms with Gasteiger partial charge in [-0.15, -0.1) is 11.6 Å². The Morgan fingerprint density at radius 3 is 2.47 bits per heavy atom. The topological polar surface area (TPSA) is 46.2 Å². The molecular formula is C12H16ClNO2S. The van der Waals surface area contributed by atoms with Crippen LogP contribution in [0.1, 0.15) is 22.8 Å². The van der Waals surface area contributed by atoms with E-state index in [0.717, 1.165) is 5.56 Å². The molecule has 17 heavy (non-hydrogen) atoms. The molecule has 0 heterocycles. The first-order chi connectivity index (χ1) is 8.04. The van der Waals surface area contributed by atoms with Crippen LogP contribution in [0.5, 0.6) is 0 Å². The summed E-state index contributed by atoms with van der Waals surface area (Å²) < 4.78 is 11.1. The van der Waals surface area contributed by atoms with Gasteiger partial charge in [-0.3, -0.25) is 9.00 Å². The van der Waals surface area contributed by atoms with Crippen LogP contribution in [0.25, 0.3) is 0 Å². The van der Waals surface area contributed by atoms with Gasteiger partial charge in [-0.1, -0.05) is 12.1 Å². The quantitative estimate of drug-likeness (QED) is 0.833. The minimum absolute atomic E-state index is 0.0407. The number of hydrogen-bond acceptors (Lipinski definition) is 2. The van der Waals surface area contributed by atoms with Crippen LogP contribution in [0.2, 0.25) is 0 Å². The minimum Gasteiger partial charge on any atom is -0.351 e. The highest BCUT2D eigenvalue weighted by Crippen LogP contribution is 2.06. The number of alkyl halides is 1. The van der Waals surface area contributed by atoms with E-state index >= 15 is 0 Å². The van der Waals surface area contributed by atoms with Crippen molar-refractivity contribution in [3.63, 3.8) is 0 Å². The van der Waals surface area contributed by atoms with E-state index < -0.39 is 10.8 Å². The Bertz CT molecular complexity index is 405. The summed E-state index contributed by atoms with van der Waals surface area (Å²) in [5, 5.41) is 2.71. The SMILES string of the molecule is CC(CNC(=O)c1ccc(CCl)cc1)S(C)=O. The molecule has 94 valence electrons. The zero-order chi connectivity index (χ0) is 12.8. The Balaban J connectivity index is 2.55. The maximum atomic E-state index is 11.7. The largest absolute Gasteiger partial charge is 0.351 e. The summed E-state index contributed by atoms with van der Waals surface area (Å²) in [6, 6.07) is 7.12. The number of halogens is 1. The highest BCUT2D eigenvalue weighted by atomic mass is 35.5. The van der Waals surface area contributed by atoms with Gasteiger partial charge >= 0.3 is 0 Å². The summed E-state index contributed by atoms with van der Waals surface area (Å²) in [7, 11) is -0.920.